The lowest BCUT2D eigenvalue weighted by atomic mass is 9.86. The molecule has 0 bridgehead atoms. The predicted octanol–water partition coefficient (Wildman–Crippen LogP) is 2.78. The highest BCUT2D eigenvalue weighted by atomic mass is 15.1. The molecule has 1 aliphatic rings. The molecule has 1 aliphatic carbocycles. The maximum absolute atomic E-state index is 9.11. The van der Waals surface area contributed by atoms with Crippen LogP contribution in [0, 0.1) is 17.2 Å². The fraction of sp³-hybridized carbons (Fsp3) is 0.933. The third-order valence-electron chi connectivity index (χ3n) is 4.52. The van der Waals surface area contributed by atoms with E-state index in [1.165, 1.54) is 25.7 Å². The summed E-state index contributed by atoms with van der Waals surface area (Å²) in [6.07, 6.45) is 7.48. The van der Waals surface area contributed by atoms with Gasteiger partial charge in [0.2, 0.25) is 0 Å². The van der Waals surface area contributed by atoms with Crippen LogP contribution in [0.1, 0.15) is 52.4 Å². The Balaban J connectivity index is 2.28. The zero-order chi connectivity index (χ0) is 13.6. The molecule has 1 saturated carbocycles. The van der Waals surface area contributed by atoms with E-state index in [0.29, 0.717) is 0 Å². The summed E-state index contributed by atoms with van der Waals surface area (Å²) in [6, 6.07) is 3.12. The number of nitrogens with one attached hydrogen (secondary N) is 1. The molecule has 1 rings (SSSR count). The first-order valence-electron chi connectivity index (χ1n) is 7.31. The molecule has 0 aromatic carbocycles. The molecule has 0 saturated heterocycles. The van der Waals surface area contributed by atoms with Crippen LogP contribution in [-0.4, -0.2) is 37.1 Å². The third-order valence-corrected chi connectivity index (χ3v) is 4.52. The second-order valence-corrected chi connectivity index (χ2v) is 6.20. The molecule has 0 heterocycles. The Bertz CT molecular complexity index is 284. The van der Waals surface area contributed by atoms with Gasteiger partial charge in [-0.05, 0) is 59.2 Å². The highest BCUT2D eigenvalue weighted by Crippen LogP contribution is 2.26. The summed E-state index contributed by atoms with van der Waals surface area (Å²) < 4.78 is 0. The molecule has 18 heavy (non-hydrogen) atoms. The molecule has 104 valence electrons. The Kier molecular flexibility index (Phi) is 6.11. The molecular formula is C15H29N3. The summed E-state index contributed by atoms with van der Waals surface area (Å²) in [6.45, 7) is 5.46. The molecule has 0 aromatic rings. The van der Waals surface area contributed by atoms with Gasteiger partial charge in [0, 0.05) is 6.04 Å². The minimum Gasteiger partial charge on any atom is -0.303 e. The van der Waals surface area contributed by atoms with E-state index in [1.807, 2.05) is 14.0 Å². The normalized spacial score (nSPS) is 27.8. The second-order valence-electron chi connectivity index (χ2n) is 6.20. The minimum absolute atomic E-state index is 0.360. The smallest absolute Gasteiger partial charge is 0.103 e. The van der Waals surface area contributed by atoms with Crippen LogP contribution in [0.2, 0.25) is 0 Å². The van der Waals surface area contributed by atoms with Gasteiger partial charge in [-0.15, -0.1) is 0 Å². The van der Waals surface area contributed by atoms with Gasteiger partial charge in [-0.25, -0.2) is 0 Å². The van der Waals surface area contributed by atoms with Crippen LogP contribution < -0.4 is 5.32 Å². The van der Waals surface area contributed by atoms with Crippen LogP contribution >= 0.6 is 0 Å². The van der Waals surface area contributed by atoms with Crippen molar-refractivity contribution in [1.29, 1.82) is 5.26 Å². The van der Waals surface area contributed by atoms with Crippen LogP contribution in [0.3, 0.4) is 0 Å². The first-order valence-corrected chi connectivity index (χ1v) is 7.31. The molecule has 1 N–H and O–H groups in total. The van der Waals surface area contributed by atoms with Crippen LogP contribution in [0.4, 0.5) is 0 Å². The molecule has 3 atom stereocenters. The Morgan fingerprint density at radius 2 is 2.17 bits per heavy atom. The van der Waals surface area contributed by atoms with Crippen LogP contribution in [0.5, 0.6) is 0 Å². The second kappa shape index (κ2) is 7.11. The molecule has 3 nitrogen and oxygen atoms in total. The molecule has 1 fully saturated rings. The highest BCUT2D eigenvalue weighted by molar-refractivity contribution is 5.02. The molecule has 3 heteroatoms. The zero-order valence-corrected chi connectivity index (χ0v) is 12.5. The van der Waals surface area contributed by atoms with Gasteiger partial charge in [0.1, 0.15) is 5.54 Å². The van der Waals surface area contributed by atoms with Gasteiger partial charge in [-0.1, -0.05) is 19.8 Å². The van der Waals surface area contributed by atoms with Crippen molar-refractivity contribution < 1.29 is 0 Å². The summed E-state index contributed by atoms with van der Waals surface area (Å²) >= 11 is 0. The Hall–Kier alpha value is -0.590. The first kappa shape index (κ1) is 15.5. The average molecular weight is 251 g/mol. The van der Waals surface area contributed by atoms with E-state index in [2.05, 4.69) is 30.3 Å². The fourth-order valence-electron chi connectivity index (χ4n) is 2.90. The summed E-state index contributed by atoms with van der Waals surface area (Å²) in [5.41, 5.74) is -0.360. The molecule has 0 aromatic heterocycles. The number of nitriles is 1. The molecule has 0 radical (unpaired) electrons. The minimum atomic E-state index is -0.360. The van der Waals surface area contributed by atoms with Crippen molar-refractivity contribution in [2.24, 2.45) is 5.92 Å². The quantitative estimate of drug-likeness (QED) is 0.789. The number of hydrogen-bond acceptors (Lipinski definition) is 3. The molecule has 0 amide bonds. The van der Waals surface area contributed by atoms with E-state index in [4.69, 9.17) is 5.26 Å². The number of rotatable bonds is 6. The van der Waals surface area contributed by atoms with Crippen LogP contribution in [-0.2, 0) is 0 Å². The van der Waals surface area contributed by atoms with E-state index >= 15 is 0 Å². The van der Waals surface area contributed by atoms with Crippen molar-refractivity contribution in [3.05, 3.63) is 0 Å². The lowest BCUT2D eigenvalue weighted by Crippen LogP contribution is -2.40. The summed E-state index contributed by atoms with van der Waals surface area (Å²) in [5.74, 6) is 0.882. The molecule has 0 aliphatic heterocycles. The monoisotopic (exact) mass is 251 g/mol. The SMILES string of the molecule is CNC(C)(C#N)CCCN(C)C1CCCC(C)C1. The van der Waals surface area contributed by atoms with Gasteiger partial charge >= 0.3 is 0 Å². The van der Waals surface area contributed by atoms with E-state index in [1.54, 1.807) is 0 Å². The van der Waals surface area contributed by atoms with E-state index in [9.17, 15) is 0 Å². The van der Waals surface area contributed by atoms with Gasteiger partial charge in [0.15, 0.2) is 0 Å². The van der Waals surface area contributed by atoms with Crippen LogP contribution in [0.25, 0.3) is 0 Å². The molecule has 3 unspecified atom stereocenters. The van der Waals surface area contributed by atoms with Crippen molar-refractivity contribution in [3.63, 3.8) is 0 Å². The van der Waals surface area contributed by atoms with E-state index in [0.717, 1.165) is 31.3 Å². The number of nitrogens with zero attached hydrogens (tertiary/aromatic N) is 2. The first-order chi connectivity index (χ1) is 8.50. The van der Waals surface area contributed by atoms with Gasteiger partial charge in [-0.3, -0.25) is 0 Å². The van der Waals surface area contributed by atoms with Crippen molar-refractivity contribution in [2.45, 2.75) is 64.0 Å². The topological polar surface area (TPSA) is 39.1 Å². The average Bonchev–Trinajstić information content (AvgIpc) is 2.38. The Morgan fingerprint density at radius 1 is 1.44 bits per heavy atom. The maximum Gasteiger partial charge on any atom is 0.103 e. The molecular weight excluding hydrogens is 222 g/mol. The fourth-order valence-corrected chi connectivity index (χ4v) is 2.90. The predicted molar refractivity (Wildman–Crippen MR) is 76.4 cm³/mol. The zero-order valence-electron chi connectivity index (χ0n) is 12.5. The maximum atomic E-state index is 9.11. The highest BCUT2D eigenvalue weighted by Gasteiger charge is 2.24. The Morgan fingerprint density at radius 3 is 2.72 bits per heavy atom. The summed E-state index contributed by atoms with van der Waals surface area (Å²) in [4.78, 5) is 2.50. The third kappa shape index (κ3) is 4.59. The van der Waals surface area contributed by atoms with Gasteiger partial charge in [0.05, 0.1) is 6.07 Å². The standard InChI is InChI=1S/C15H29N3/c1-13-7-5-8-14(11-13)18(4)10-6-9-15(2,12-16)17-3/h13-14,17H,5-11H2,1-4H3. The van der Waals surface area contributed by atoms with Crippen molar-refractivity contribution >= 4 is 0 Å². The van der Waals surface area contributed by atoms with Gasteiger partial charge < -0.3 is 10.2 Å². The molecule has 0 spiro atoms. The van der Waals surface area contributed by atoms with Crippen molar-refractivity contribution in [2.75, 3.05) is 20.6 Å². The van der Waals surface area contributed by atoms with Gasteiger partial charge in [0.25, 0.3) is 0 Å². The van der Waals surface area contributed by atoms with Crippen molar-refractivity contribution in [3.8, 4) is 6.07 Å². The van der Waals surface area contributed by atoms with E-state index < -0.39 is 0 Å². The lowest BCUT2D eigenvalue weighted by molar-refractivity contribution is 0.159. The van der Waals surface area contributed by atoms with Crippen molar-refractivity contribution in [1.82, 2.24) is 10.2 Å². The number of hydrogen-bond donors (Lipinski definition) is 1. The lowest BCUT2D eigenvalue weighted by Gasteiger charge is -2.34. The van der Waals surface area contributed by atoms with E-state index in [-0.39, 0.29) is 5.54 Å². The summed E-state index contributed by atoms with van der Waals surface area (Å²) in [5, 5.41) is 12.2. The Labute approximate surface area is 113 Å². The summed E-state index contributed by atoms with van der Waals surface area (Å²) in [7, 11) is 4.11. The largest absolute Gasteiger partial charge is 0.303 e. The van der Waals surface area contributed by atoms with Crippen LogP contribution in [0.15, 0.2) is 0 Å². The van der Waals surface area contributed by atoms with Gasteiger partial charge in [-0.2, -0.15) is 5.26 Å².